The van der Waals surface area contributed by atoms with Crippen molar-refractivity contribution < 1.29 is 4.79 Å². The molecule has 3 N–H and O–H groups in total. The SMILES string of the molecule is CC(C)Sc1ccc(C(=O)NC2CCCC2CN)cc1. The third-order valence-electron chi connectivity index (χ3n) is 3.77. The van der Waals surface area contributed by atoms with Gasteiger partial charge in [-0.25, -0.2) is 0 Å². The number of nitrogens with two attached hydrogens (primary N) is 1. The molecule has 110 valence electrons. The Morgan fingerprint density at radius 1 is 1.35 bits per heavy atom. The minimum absolute atomic E-state index is 0.0245. The Bertz CT molecular complexity index is 444. The number of thioether (sulfide) groups is 1. The molecule has 1 amide bonds. The van der Waals surface area contributed by atoms with E-state index in [1.54, 1.807) is 0 Å². The van der Waals surface area contributed by atoms with Crippen molar-refractivity contribution in [2.45, 2.75) is 49.3 Å². The lowest BCUT2D eigenvalue weighted by molar-refractivity contribution is 0.0928. The van der Waals surface area contributed by atoms with Gasteiger partial charge in [0.25, 0.3) is 5.91 Å². The van der Waals surface area contributed by atoms with Gasteiger partial charge in [0.15, 0.2) is 0 Å². The van der Waals surface area contributed by atoms with Crippen molar-refractivity contribution in [3.63, 3.8) is 0 Å². The van der Waals surface area contributed by atoms with Crippen molar-refractivity contribution in [2.75, 3.05) is 6.54 Å². The summed E-state index contributed by atoms with van der Waals surface area (Å²) in [6.07, 6.45) is 3.34. The monoisotopic (exact) mass is 292 g/mol. The fourth-order valence-corrected chi connectivity index (χ4v) is 3.56. The Labute approximate surface area is 125 Å². The van der Waals surface area contributed by atoms with Crippen LogP contribution in [0.4, 0.5) is 0 Å². The van der Waals surface area contributed by atoms with Crippen LogP contribution in [0.1, 0.15) is 43.5 Å². The van der Waals surface area contributed by atoms with Gasteiger partial charge in [-0.15, -0.1) is 11.8 Å². The maximum atomic E-state index is 12.2. The fourth-order valence-electron chi connectivity index (χ4n) is 2.72. The summed E-state index contributed by atoms with van der Waals surface area (Å²) in [6.45, 7) is 4.99. The second-order valence-corrected chi connectivity index (χ2v) is 7.35. The van der Waals surface area contributed by atoms with Crippen LogP contribution in [0.5, 0.6) is 0 Å². The summed E-state index contributed by atoms with van der Waals surface area (Å²) in [5, 5.41) is 3.68. The van der Waals surface area contributed by atoms with Gasteiger partial charge in [-0.1, -0.05) is 20.3 Å². The second kappa shape index (κ2) is 7.14. The smallest absolute Gasteiger partial charge is 0.251 e. The van der Waals surface area contributed by atoms with Crippen LogP contribution in [-0.2, 0) is 0 Å². The molecule has 2 unspecified atom stereocenters. The molecule has 0 bridgehead atoms. The normalized spacial score (nSPS) is 22.2. The maximum Gasteiger partial charge on any atom is 0.251 e. The number of nitrogens with one attached hydrogen (secondary N) is 1. The maximum absolute atomic E-state index is 12.2. The highest BCUT2D eigenvalue weighted by Gasteiger charge is 2.27. The summed E-state index contributed by atoms with van der Waals surface area (Å²) in [6, 6.07) is 8.11. The van der Waals surface area contributed by atoms with E-state index in [9.17, 15) is 4.79 Å². The van der Waals surface area contributed by atoms with Crippen LogP contribution in [0.3, 0.4) is 0 Å². The van der Waals surface area contributed by atoms with Crippen LogP contribution in [-0.4, -0.2) is 23.7 Å². The number of benzene rings is 1. The molecule has 20 heavy (non-hydrogen) atoms. The Morgan fingerprint density at radius 3 is 2.65 bits per heavy atom. The van der Waals surface area contributed by atoms with E-state index in [1.807, 2.05) is 36.0 Å². The molecule has 0 radical (unpaired) electrons. The summed E-state index contributed by atoms with van der Waals surface area (Å²) in [7, 11) is 0. The predicted octanol–water partition coefficient (Wildman–Crippen LogP) is 3.04. The Kier molecular flexibility index (Phi) is 5.49. The molecule has 1 aromatic carbocycles. The van der Waals surface area contributed by atoms with Crippen molar-refractivity contribution in [1.29, 1.82) is 0 Å². The Balaban J connectivity index is 1.95. The van der Waals surface area contributed by atoms with E-state index < -0.39 is 0 Å². The first-order valence-electron chi connectivity index (χ1n) is 7.38. The van der Waals surface area contributed by atoms with Crippen LogP contribution < -0.4 is 11.1 Å². The van der Waals surface area contributed by atoms with E-state index in [-0.39, 0.29) is 11.9 Å². The van der Waals surface area contributed by atoms with Gasteiger partial charge in [0, 0.05) is 21.8 Å². The molecule has 1 aromatic rings. The highest BCUT2D eigenvalue weighted by atomic mass is 32.2. The zero-order valence-electron chi connectivity index (χ0n) is 12.3. The van der Waals surface area contributed by atoms with Crippen LogP contribution in [0, 0.1) is 5.92 Å². The minimum Gasteiger partial charge on any atom is -0.349 e. The zero-order valence-corrected chi connectivity index (χ0v) is 13.1. The highest BCUT2D eigenvalue weighted by molar-refractivity contribution is 7.99. The summed E-state index contributed by atoms with van der Waals surface area (Å²) >= 11 is 1.81. The van der Waals surface area contributed by atoms with E-state index >= 15 is 0 Å². The molecule has 1 aliphatic rings. The molecule has 0 spiro atoms. The zero-order chi connectivity index (χ0) is 14.5. The first-order valence-corrected chi connectivity index (χ1v) is 8.25. The number of rotatable bonds is 5. The topological polar surface area (TPSA) is 55.1 Å². The summed E-state index contributed by atoms with van der Waals surface area (Å²) < 4.78 is 0. The van der Waals surface area contributed by atoms with Crippen molar-refractivity contribution in [1.82, 2.24) is 5.32 Å². The van der Waals surface area contributed by atoms with Gasteiger partial charge in [-0.2, -0.15) is 0 Å². The predicted molar refractivity (Wildman–Crippen MR) is 85.1 cm³/mol. The summed E-state index contributed by atoms with van der Waals surface area (Å²) in [5.74, 6) is 0.464. The number of amides is 1. The average molecular weight is 292 g/mol. The summed E-state index contributed by atoms with van der Waals surface area (Å²) in [4.78, 5) is 13.4. The number of carbonyl (C=O) groups is 1. The van der Waals surface area contributed by atoms with E-state index in [0.717, 1.165) is 24.8 Å². The molecule has 3 nitrogen and oxygen atoms in total. The molecule has 1 saturated carbocycles. The first-order chi connectivity index (χ1) is 9.60. The molecule has 2 rings (SSSR count). The molecular weight excluding hydrogens is 268 g/mol. The van der Waals surface area contributed by atoms with E-state index in [1.165, 1.54) is 4.90 Å². The molecule has 0 aromatic heterocycles. The van der Waals surface area contributed by atoms with Gasteiger partial charge in [-0.3, -0.25) is 4.79 Å². The highest BCUT2D eigenvalue weighted by Crippen LogP contribution is 2.25. The standard InChI is InChI=1S/C16H24N2OS/c1-11(2)20-14-8-6-12(7-9-14)16(19)18-15-5-3-4-13(15)10-17/h6-9,11,13,15H,3-5,10,17H2,1-2H3,(H,18,19). The molecule has 0 saturated heterocycles. The third-order valence-corrected chi connectivity index (χ3v) is 4.78. The molecular formula is C16H24N2OS. The second-order valence-electron chi connectivity index (χ2n) is 5.70. The van der Waals surface area contributed by atoms with Gasteiger partial charge >= 0.3 is 0 Å². The lowest BCUT2D eigenvalue weighted by atomic mass is 10.0. The minimum atomic E-state index is 0.0245. The van der Waals surface area contributed by atoms with E-state index in [0.29, 0.717) is 17.7 Å². The Morgan fingerprint density at radius 2 is 2.05 bits per heavy atom. The lowest BCUT2D eigenvalue weighted by Crippen LogP contribution is -2.39. The van der Waals surface area contributed by atoms with Crippen molar-refractivity contribution in [2.24, 2.45) is 11.7 Å². The lowest BCUT2D eigenvalue weighted by Gasteiger charge is -2.19. The molecule has 2 atom stereocenters. The van der Waals surface area contributed by atoms with E-state index in [4.69, 9.17) is 5.73 Å². The van der Waals surface area contributed by atoms with Crippen LogP contribution >= 0.6 is 11.8 Å². The van der Waals surface area contributed by atoms with Gasteiger partial charge < -0.3 is 11.1 Å². The quantitative estimate of drug-likeness (QED) is 0.820. The molecule has 0 heterocycles. The van der Waals surface area contributed by atoms with Gasteiger partial charge in [-0.05, 0) is 49.6 Å². The van der Waals surface area contributed by atoms with Gasteiger partial charge in [0.1, 0.15) is 0 Å². The van der Waals surface area contributed by atoms with Gasteiger partial charge in [0.2, 0.25) is 0 Å². The van der Waals surface area contributed by atoms with Crippen molar-refractivity contribution in [3.8, 4) is 0 Å². The van der Waals surface area contributed by atoms with Crippen LogP contribution in [0.2, 0.25) is 0 Å². The fraction of sp³-hybridized carbons (Fsp3) is 0.562. The Hall–Kier alpha value is -1.00. The number of hydrogen-bond acceptors (Lipinski definition) is 3. The van der Waals surface area contributed by atoms with E-state index in [2.05, 4.69) is 19.2 Å². The molecule has 1 aliphatic carbocycles. The van der Waals surface area contributed by atoms with Crippen molar-refractivity contribution in [3.05, 3.63) is 29.8 Å². The van der Waals surface area contributed by atoms with Crippen LogP contribution in [0.25, 0.3) is 0 Å². The number of carbonyl (C=O) groups excluding carboxylic acids is 1. The largest absolute Gasteiger partial charge is 0.349 e. The van der Waals surface area contributed by atoms with Crippen molar-refractivity contribution >= 4 is 17.7 Å². The molecule has 0 aliphatic heterocycles. The molecule has 1 fully saturated rings. The number of hydrogen-bond donors (Lipinski definition) is 2. The van der Waals surface area contributed by atoms with Crippen LogP contribution in [0.15, 0.2) is 29.2 Å². The van der Waals surface area contributed by atoms with Gasteiger partial charge in [0.05, 0.1) is 0 Å². The summed E-state index contributed by atoms with van der Waals surface area (Å²) in [5.41, 5.74) is 6.49. The average Bonchev–Trinajstić information content (AvgIpc) is 2.86. The first kappa shape index (κ1) is 15.4. The third kappa shape index (κ3) is 4.00. The molecule has 4 heteroatoms.